The third-order valence-corrected chi connectivity index (χ3v) is 7.32. The second kappa shape index (κ2) is 9.80. The maximum Gasteiger partial charge on any atom is 0.124 e. The van der Waals surface area contributed by atoms with E-state index < -0.39 is 0 Å². The van der Waals surface area contributed by atoms with Gasteiger partial charge >= 0.3 is 0 Å². The topological polar surface area (TPSA) is 81.4 Å². The van der Waals surface area contributed by atoms with E-state index in [1.165, 1.54) is 28.7 Å². The average Bonchev–Trinajstić information content (AvgIpc) is 3.61. The first-order chi connectivity index (χ1) is 17.0. The number of nitrogens with zero attached hydrogens (tertiary/aromatic N) is 2. The number of benzene rings is 2. The molecule has 0 saturated carbocycles. The molecule has 6 nitrogen and oxygen atoms in total. The summed E-state index contributed by atoms with van der Waals surface area (Å²) in [5.41, 5.74) is 9.26. The molecule has 4 aromatic rings. The van der Waals surface area contributed by atoms with Crippen molar-refractivity contribution in [3.05, 3.63) is 71.6 Å². The monoisotopic (exact) mass is 468 g/mol. The zero-order chi connectivity index (χ0) is 24.5. The third kappa shape index (κ3) is 4.68. The first-order valence-corrected chi connectivity index (χ1v) is 12.7. The maximum atomic E-state index is 4.90. The lowest BCUT2D eigenvalue weighted by atomic mass is 9.93. The van der Waals surface area contributed by atoms with Gasteiger partial charge in [-0.05, 0) is 81.5 Å². The summed E-state index contributed by atoms with van der Waals surface area (Å²) in [4.78, 5) is 16.5. The minimum absolute atomic E-state index is 0.244. The molecule has 4 N–H and O–H groups in total. The zero-order valence-corrected chi connectivity index (χ0v) is 21.4. The normalized spacial score (nSPS) is 18.8. The standard InChI is InChI=1S/C29H36N6/c1-6-24(30-5)28-31-15-26(34-28)20-8-10-22(17(2)13-20)23-11-9-21(14-18(23)3)27-16-32-29(35-27)25-12-7-19(4)33-25/h8-11,13-16,19,24-25,30,33H,6-7,12H2,1-5H3,(H,31,34)(H,32,35)/t19?,24-,25-/m0/s1. The number of aromatic nitrogens is 4. The molecule has 182 valence electrons. The second-order valence-electron chi connectivity index (χ2n) is 9.85. The van der Waals surface area contributed by atoms with E-state index in [2.05, 4.69) is 84.7 Å². The number of nitrogens with one attached hydrogen (secondary N) is 4. The van der Waals surface area contributed by atoms with Gasteiger partial charge < -0.3 is 20.6 Å². The molecule has 1 aliphatic rings. The van der Waals surface area contributed by atoms with Crippen LogP contribution in [0.25, 0.3) is 33.6 Å². The highest BCUT2D eigenvalue weighted by Gasteiger charge is 2.24. The predicted molar refractivity (Wildman–Crippen MR) is 143 cm³/mol. The molecule has 1 saturated heterocycles. The molecule has 6 heteroatoms. The lowest BCUT2D eigenvalue weighted by molar-refractivity contribution is 0.550. The van der Waals surface area contributed by atoms with E-state index in [9.17, 15) is 0 Å². The highest BCUT2D eigenvalue weighted by Crippen LogP contribution is 2.33. The van der Waals surface area contributed by atoms with Crippen LogP contribution in [0.5, 0.6) is 0 Å². The van der Waals surface area contributed by atoms with Gasteiger partial charge in [-0.1, -0.05) is 31.2 Å². The molecule has 3 heterocycles. The Morgan fingerprint density at radius 3 is 2.09 bits per heavy atom. The largest absolute Gasteiger partial charge is 0.347 e. The molecule has 0 spiro atoms. The molecular weight excluding hydrogens is 432 g/mol. The summed E-state index contributed by atoms with van der Waals surface area (Å²) in [5.74, 6) is 2.02. The summed E-state index contributed by atoms with van der Waals surface area (Å²) in [7, 11) is 1.97. The van der Waals surface area contributed by atoms with Gasteiger partial charge in [0.15, 0.2) is 0 Å². The molecular formula is C29H36N6. The van der Waals surface area contributed by atoms with Crippen molar-refractivity contribution >= 4 is 0 Å². The minimum atomic E-state index is 0.244. The molecule has 0 bridgehead atoms. The Morgan fingerprint density at radius 1 is 0.914 bits per heavy atom. The van der Waals surface area contributed by atoms with Gasteiger partial charge in [0, 0.05) is 29.6 Å². The summed E-state index contributed by atoms with van der Waals surface area (Å²) in [5, 5.41) is 6.92. The van der Waals surface area contributed by atoms with Gasteiger partial charge in [0.2, 0.25) is 0 Å². The Morgan fingerprint density at radius 2 is 1.54 bits per heavy atom. The van der Waals surface area contributed by atoms with E-state index in [0.717, 1.165) is 47.0 Å². The molecule has 1 fully saturated rings. The number of imidazole rings is 2. The number of rotatable bonds is 7. The van der Waals surface area contributed by atoms with Crippen LogP contribution < -0.4 is 10.6 Å². The summed E-state index contributed by atoms with van der Waals surface area (Å²) in [6, 6.07) is 14.4. The van der Waals surface area contributed by atoms with Crippen molar-refractivity contribution in [2.75, 3.05) is 7.05 Å². The number of hydrogen-bond acceptors (Lipinski definition) is 4. The Labute approximate surface area is 208 Å². The van der Waals surface area contributed by atoms with Crippen molar-refractivity contribution < 1.29 is 0 Å². The van der Waals surface area contributed by atoms with Crippen LogP contribution in [-0.4, -0.2) is 33.0 Å². The fourth-order valence-corrected chi connectivity index (χ4v) is 5.25. The fourth-order valence-electron chi connectivity index (χ4n) is 5.25. The van der Waals surface area contributed by atoms with E-state index in [0.29, 0.717) is 12.1 Å². The Bertz CT molecular complexity index is 1310. The van der Waals surface area contributed by atoms with Crippen molar-refractivity contribution in [3.63, 3.8) is 0 Å². The highest BCUT2D eigenvalue weighted by molar-refractivity contribution is 5.76. The van der Waals surface area contributed by atoms with Crippen LogP contribution in [0.15, 0.2) is 48.8 Å². The van der Waals surface area contributed by atoms with Crippen molar-refractivity contribution in [3.8, 4) is 33.6 Å². The number of aryl methyl sites for hydroxylation is 2. The quantitative estimate of drug-likeness (QED) is 0.259. The third-order valence-electron chi connectivity index (χ3n) is 7.32. The summed E-state index contributed by atoms with van der Waals surface area (Å²) < 4.78 is 0. The Hall–Kier alpha value is -3.22. The van der Waals surface area contributed by atoms with E-state index >= 15 is 0 Å². The van der Waals surface area contributed by atoms with Crippen LogP contribution >= 0.6 is 0 Å². The smallest absolute Gasteiger partial charge is 0.124 e. The van der Waals surface area contributed by atoms with Crippen LogP contribution in [0.4, 0.5) is 0 Å². The summed E-state index contributed by atoms with van der Waals surface area (Å²) >= 11 is 0. The minimum Gasteiger partial charge on any atom is -0.347 e. The van der Waals surface area contributed by atoms with Crippen molar-refractivity contribution in [2.45, 2.75) is 65.1 Å². The zero-order valence-electron chi connectivity index (χ0n) is 21.4. The summed E-state index contributed by atoms with van der Waals surface area (Å²) in [6.07, 6.45) is 7.36. The van der Waals surface area contributed by atoms with E-state index in [-0.39, 0.29) is 6.04 Å². The fraction of sp³-hybridized carbons (Fsp3) is 0.379. The predicted octanol–water partition coefficient (Wildman–Crippen LogP) is 6.23. The van der Waals surface area contributed by atoms with Gasteiger partial charge in [0.25, 0.3) is 0 Å². The molecule has 0 aliphatic carbocycles. The van der Waals surface area contributed by atoms with Gasteiger partial charge in [-0.3, -0.25) is 0 Å². The molecule has 0 radical (unpaired) electrons. The van der Waals surface area contributed by atoms with Crippen molar-refractivity contribution in [2.24, 2.45) is 0 Å². The van der Waals surface area contributed by atoms with Crippen molar-refractivity contribution in [1.82, 2.24) is 30.6 Å². The number of hydrogen-bond donors (Lipinski definition) is 4. The molecule has 2 aromatic heterocycles. The van der Waals surface area contributed by atoms with Crippen LogP contribution in [0.3, 0.4) is 0 Å². The molecule has 35 heavy (non-hydrogen) atoms. The van der Waals surface area contributed by atoms with Crippen LogP contribution in [0, 0.1) is 13.8 Å². The Kier molecular flexibility index (Phi) is 6.58. The summed E-state index contributed by atoms with van der Waals surface area (Å²) in [6.45, 7) is 8.76. The Balaban J connectivity index is 1.38. The van der Waals surface area contributed by atoms with Crippen molar-refractivity contribution in [1.29, 1.82) is 0 Å². The van der Waals surface area contributed by atoms with Gasteiger partial charge in [0.05, 0.1) is 23.5 Å². The number of H-pyrrole nitrogens is 2. The van der Waals surface area contributed by atoms with Crippen LogP contribution in [0.1, 0.15) is 68.0 Å². The lowest BCUT2D eigenvalue weighted by Gasteiger charge is -2.12. The maximum absolute atomic E-state index is 4.90. The first-order valence-electron chi connectivity index (χ1n) is 12.7. The van der Waals surface area contributed by atoms with E-state index in [4.69, 9.17) is 9.97 Å². The SMILES string of the molecule is CC[C@H](NC)c1nc(-c2ccc(-c3ccc(-c4c[nH]c([C@@H]5CCC(C)N5)n4)cc3C)c(C)c2)c[nH]1. The van der Waals surface area contributed by atoms with Crippen LogP contribution in [-0.2, 0) is 0 Å². The van der Waals surface area contributed by atoms with Crippen LogP contribution in [0.2, 0.25) is 0 Å². The average molecular weight is 469 g/mol. The van der Waals surface area contributed by atoms with E-state index in [1.807, 2.05) is 19.4 Å². The van der Waals surface area contributed by atoms with Gasteiger partial charge in [-0.25, -0.2) is 9.97 Å². The molecule has 5 rings (SSSR count). The molecule has 2 aromatic carbocycles. The molecule has 1 unspecified atom stereocenters. The van der Waals surface area contributed by atoms with E-state index in [1.54, 1.807) is 0 Å². The first kappa shape index (κ1) is 23.5. The lowest BCUT2D eigenvalue weighted by Crippen LogP contribution is -2.21. The second-order valence-corrected chi connectivity index (χ2v) is 9.85. The van der Waals surface area contributed by atoms with Gasteiger partial charge in [-0.2, -0.15) is 0 Å². The molecule has 1 aliphatic heterocycles. The molecule has 0 amide bonds. The molecule has 3 atom stereocenters. The van der Waals surface area contributed by atoms with Gasteiger partial charge in [0.1, 0.15) is 11.6 Å². The highest BCUT2D eigenvalue weighted by atomic mass is 15.1. The van der Waals surface area contributed by atoms with Gasteiger partial charge in [-0.15, -0.1) is 0 Å². The number of aromatic amines is 2.